The lowest BCUT2D eigenvalue weighted by atomic mass is 10.1. The van der Waals surface area contributed by atoms with E-state index >= 15 is 0 Å². The summed E-state index contributed by atoms with van der Waals surface area (Å²) in [6.45, 7) is 2.58. The third kappa shape index (κ3) is 3.20. The third-order valence-corrected chi connectivity index (χ3v) is 5.83. The van der Waals surface area contributed by atoms with E-state index in [-0.39, 0.29) is 6.04 Å². The van der Waals surface area contributed by atoms with Crippen LogP contribution >= 0.6 is 0 Å². The van der Waals surface area contributed by atoms with E-state index in [1.54, 1.807) is 28.6 Å². The van der Waals surface area contributed by atoms with Crippen LogP contribution in [0.15, 0.2) is 29.2 Å². The molecule has 5 heteroatoms. The second-order valence-corrected chi connectivity index (χ2v) is 7.18. The topological polar surface area (TPSA) is 61.2 Å². The number of rotatable bonds is 3. The normalized spacial score (nSPS) is 21.1. The zero-order valence-corrected chi connectivity index (χ0v) is 12.6. The number of nitriles is 1. The molecule has 0 bridgehead atoms. The maximum Gasteiger partial charge on any atom is 0.243 e. The molecule has 1 atom stereocenters. The van der Waals surface area contributed by atoms with Gasteiger partial charge in [0.2, 0.25) is 10.0 Å². The fourth-order valence-corrected chi connectivity index (χ4v) is 4.31. The van der Waals surface area contributed by atoms with E-state index in [0.717, 1.165) is 31.2 Å². The molecule has 0 spiro atoms. The second kappa shape index (κ2) is 6.38. The van der Waals surface area contributed by atoms with Crippen molar-refractivity contribution in [1.82, 2.24) is 4.31 Å². The van der Waals surface area contributed by atoms with Gasteiger partial charge in [-0.2, -0.15) is 9.57 Å². The minimum Gasteiger partial charge on any atom is -0.207 e. The van der Waals surface area contributed by atoms with E-state index in [1.165, 1.54) is 0 Å². The number of nitrogens with zero attached hydrogens (tertiary/aromatic N) is 2. The van der Waals surface area contributed by atoms with Crippen molar-refractivity contribution in [1.29, 1.82) is 5.26 Å². The Hall–Kier alpha value is -1.38. The molecular formula is C15H20N2O2S. The lowest BCUT2D eigenvalue weighted by Crippen LogP contribution is -2.38. The molecule has 0 saturated carbocycles. The van der Waals surface area contributed by atoms with E-state index in [2.05, 4.69) is 6.07 Å². The van der Waals surface area contributed by atoms with Gasteiger partial charge in [-0.05, 0) is 37.5 Å². The van der Waals surface area contributed by atoms with E-state index in [0.29, 0.717) is 17.9 Å². The summed E-state index contributed by atoms with van der Waals surface area (Å²) in [6.07, 6.45) is 4.34. The maximum absolute atomic E-state index is 12.7. The molecule has 1 aliphatic rings. The summed E-state index contributed by atoms with van der Waals surface area (Å²) >= 11 is 0. The van der Waals surface area contributed by atoms with Gasteiger partial charge in [0.15, 0.2) is 0 Å². The Morgan fingerprint density at radius 3 is 2.60 bits per heavy atom. The van der Waals surface area contributed by atoms with Crippen LogP contribution in [-0.4, -0.2) is 25.3 Å². The van der Waals surface area contributed by atoms with Crippen LogP contribution in [-0.2, 0) is 16.4 Å². The fourth-order valence-electron chi connectivity index (χ4n) is 2.61. The largest absolute Gasteiger partial charge is 0.243 e. The molecule has 1 unspecified atom stereocenters. The summed E-state index contributed by atoms with van der Waals surface area (Å²) in [5, 5.41) is 8.64. The molecule has 1 aliphatic heterocycles. The molecule has 0 aromatic heterocycles. The molecule has 0 amide bonds. The highest BCUT2D eigenvalue weighted by Gasteiger charge is 2.29. The van der Waals surface area contributed by atoms with Gasteiger partial charge in [0.25, 0.3) is 0 Å². The summed E-state index contributed by atoms with van der Waals surface area (Å²) in [6, 6.07) is 8.78. The van der Waals surface area contributed by atoms with Crippen molar-refractivity contribution in [3.05, 3.63) is 29.8 Å². The molecular weight excluding hydrogens is 272 g/mol. The van der Waals surface area contributed by atoms with Crippen molar-refractivity contribution in [2.45, 2.75) is 50.0 Å². The molecule has 108 valence electrons. The van der Waals surface area contributed by atoms with Crippen molar-refractivity contribution >= 4 is 10.0 Å². The number of hydrogen-bond acceptors (Lipinski definition) is 3. The van der Waals surface area contributed by atoms with E-state index < -0.39 is 10.0 Å². The Morgan fingerprint density at radius 2 is 1.95 bits per heavy atom. The zero-order valence-electron chi connectivity index (χ0n) is 11.7. The molecule has 1 saturated heterocycles. The molecule has 2 rings (SSSR count). The SMILES string of the molecule is CC1CCCCCN1S(=O)(=O)c1ccc(CC#N)cc1. The Morgan fingerprint density at radius 1 is 1.25 bits per heavy atom. The average molecular weight is 292 g/mol. The molecule has 20 heavy (non-hydrogen) atoms. The molecule has 4 nitrogen and oxygen atoms in total. The first-order valence-corrected chi connectivity index (χ1v) is 8.47. The highest BCUT2D eigenvalue weighted by molar-refractivity contribution is 7.89. The molecule has 1 fully saturated rings. The molecule has 0 radical (unpaired) electrons. The first-order valence-electron chi connectivity index (χ1n) is 7.03. The molecule has 1 aromatic carbocycles. The van der Waals surface area contributed by atoms with Gasteiger partial charge in [0.1, 0.15) is 0 Å². The predicted octanol–water partition coefficient (Wildman–Crippen LogP) is 2.71. The third-order valence-electron chi connectivity index (χ3n) is 3.81. The van der Waals surface area contributed by atoms with E-state index in [4.69, 9.17) is 5.26 Å². The lowest BCUT2D eigenvalue weighted by Gasteiger charge is -2.26. The number of benzene rings is 1. The van der Waals surface area contributed by atoms with Crippen LogP contribution in [0.4, 0.5) is 0 Å². The quantitative estimate of drug-likeness (QED) is 0.860. The summed E-state index contributed by atoms with van der Waals surface area (Å²) in [4.78, 5) is 0.327. The number of hydrogen-bond donors (Lipinski definition) is 0. The summed E-state index contributed by atoms with van der Waals surface area (Å²) in [7, 11) is -3.42. The second-order valence-electron chi connectivity index (χ2n) is 5.29. The van der Waals surface area contributed by atoms with Crippen molar-refractivity contribution in [3.8, 4) is 6.07 Å². The highest BCUT2D eigenvalue weighted by Crippen LogP contribution is 2.24. The Kier molecular flexibility index (Phi) is 4.79. The van der Waals surface area contributed by atoms with Gasteiger partial charge in [-0.15, -0.1) is 0 Å². The van der Waals surface area contributed by atoms with Gasteiger partial charge < -0.3 is 0 Å². The predicted molar refractivity (Wildman–Crippen MR) is 77.6 cm³/mol. The van der Waals surface area contributed by atoms with Crippen molar-refractivity contribution in [2.24, 2.45) is 0 Å². The van der Waals surface area contributed by atoms with Crippen LogP contribution in [0.2, 0.25) is 0 Å². The molecule has 1 aromatic rings. The molecule has 1 heterocycles. The standard InChI is InChI=1S/C15H20N2O2S/c1-13-5-3-2-4-12-17(13)20(18,19)15-8-6-14(7-9-15)10-11-16/h6-9,13H,2-5,10,12H2,1H3. The Balaban J connectivity index is 2.26. The minimum absolute atomic E-state index is 0.0567. The monoisotopic (exact) mass is 292 g/mol. The molecule has 0 aliphatic carbocycles. The Labute approximate surface area is 121 Å². The lowest BCUT2D eigenvalue weighted by molar-refractivity contribution is 0.342. The van der Waals surface area contributed by atoms with Crippen molar-refractivity contribution in [3.63, 3.8) is 0 Å². The smallest absolute Gasteiger partial charge is 0.207 e. The van der Waals surface area contributed by atoms with Gasteiger partial charge in [-0.25, -0.2) is 8.42 Å². The van der Waals surface area contributed by atoms with Crippen LogP contribution in [0.25, 0.3) is 0 Å². The maximum atomic E-state index is 12.7. The van der Waals surface area contributed by atoms with E-state index in [1.807, 2.05) is 6.92 Å². The van der Waals surface area contributed by atoms with Gasteiger partial charge >= 0.3 is 0 Å². The highest BCUT2D eigenvalue weighted by atomic mass is 32.2. The fraction of sp³-hybridized carbons (Fsp3) is 0.533. The van der Waals surface area contributed by atoms with Crippen LogP contribution in [0, 0.1) is 11.3 Å². The van der Waals surface area contributed by atoms with Gasteiger partial charge in [-0.1, -0.05) is 25.0 Å². The zero-order chi connectivity index (χ0) is 14.6. The van der Waals surface area contributed by atoms with Gasteiger partial charge in [-0.3, -0.25) is 0 Å². The summed E-state index contributed by atoms with van der Waals surface area (Å²) in [5.41, 5.74) is 0.843. The number of sulfonamides is 1. The van der Waals surface area contributed by atoms with Crippen molar-refractivity contribution < 1.29 is 8.42 Å². The van der Waals surface area contributed by atoms with Crippen LogP contribution in [0.5, 0.6) is 0 Å². The minimum atomic E-state index is -3.42. The summed E-state index contributed by atoms with van der Waals surface area (Å²) < 4.78 is 27.0. The van der Waals surface area contributed by atoms with Crippen LogP contribution in [0.1, 0.15) is 38.2 Å². The Bertz CT molecular complexity index is 587. The van der Waals surface area contributed by atoms with Gasteiger partial charge in [0.05, 0.1) is 17.4 Å². The van der Waals surface area contributed by atoms with Crippen molar-refractivity contribution in [2.75, 3.05) is 6.54 Å². The van der Waals surface area contributed by atoms with E-state index in [9.17, 15) is 8.42 Å². The molecule has 0 N–H and O–H groups in total. The first kappa shape index (κ1) is 15.0. The van der Waals surface area contributed by atoms with Gasteiger partial charge in [0, 0.05) is 12.6 Å². The average Bonchev–Trinajstić information content (AvgIpc) is 2.65. The first-order chi connectivity index (χ1) is 9.55. The summed E-state index contributed by atoms with van der Waals surface area (Å²) in [5.74, 6) is 0. The van der Waals surface area contributed by atoms with Crippen LogP contribution in [0.3, 0.4) is 0 Å². The van der Waals surface area contributed by atoms with Crippen LogP contribution < -0.4 is 0 Å².